The fraction of sp³-hybridized carbons (Fsp3) is 0. The summed E-state index contributed by atoms with van der Waals surface area (Å²) in [5.74, 6) is 0. The minimum absolute atomic E-state index is 0.902. The highest BCUT2D eigenvalue weighted by molar-refractivity contribution is 6.42. The second-order valence-corrected chi connectivity index (χ2v) is 14.8. The van der Waals surface area contributed by atoms with Crippen molar-refractivity contribution in [3.05, 3.63) is 182 Å². The number of nitrogens with zero attached hydrogens (tertiary/aromatic N) is 2. The summed E-state index contributed by atoms with van der Waals surface area (Å²) in [4.78, 5) is 0. The van der Waals surface area contributed by atoms with Crippen molar-refractivity contribution < 1.29 is 4.42 Å². The van der Waals surface area contributed by atoms with Gasteiger partial charge in [-0.25, -0.2) is 0 Å². The molecule has 0 aliphatic carbocycles. The third-order valence-electron chi connectivity index (χ3n) is 12.0. The van der Waals surface area contributed by atoms with E-state index in [1.807, 2.05) is 6.07 Å². The lowest BCUT2D eigenvalue weighted by molar-refractivity contribution is 0.669. The molecule has 0 radical (unpaired) electrons. The van der Waals surface area contributed by atoms with Crippen molar-refractivity contribution in [2.75, 3.05) is 0 Å². The normalized spacial score (nSPS) is 12.4. The molecule has 254 valence electrons. The summed E-state index contributed by atoms with van der Waals surface area (Å²) in [6.07, 6.45) is 0. The van der Waals surface area contributed by atoms with Crippen LogP contribution in [0.15, 0.2) is 186 Å². The Morgan fingerprint density at radius 2 is 0.764 bits per heavy atom. The SMILES string of the molecule is c1ccc2c(c1)oc1cc3c(cc12)c1ccccc1n3-c1ccc(-n2c3ccccc3c3c4c5ccccc5c5ccccc5c4c4ccccc4c32)cc1. The lowest BCUT2D eigenvalue weighted by Crippen LogP contribution is -1.98. The Morgan fingerprint density at radius 3 is 1.45 bits per heavy atom. The number of hydrogen-bond donors (Lipinski definition) is 0. The van der Waals surface area contributed by atoms with Crippen molar-refractivity contribution in [2.45, 2.75) is 0 Å². The van der Waals surface area contributed by atoms with Gasteiger partial charge in [-0.1, -0.05) is 127 Å². The highest BCUT2D eigenvalue weighted by Gasteiger charge is 2.23. The van der Waals surface area contributed by atoms with E-state index in [0.29, 0.717) is 0 Å². The Morgan fingerprint density at radius 1 is 0.273 bits per heavy atom. The van der Waals surface area contributed by atoms with Crippen LogP contribution in [0.1, 0.15) is 0 Å². The molecule has 10 aromatic carbocycles. The zero-order valence-corrected chi connectivity index (χ0v) is 29.6. The predicted octanol–water partition coefficient (Wildman–Crippen LogP) is 14.4. The topological polar surface area (TPSA) is 23.0 Å². The van der Waals surface area contributed by atoms with E-state index >= 15 is 0 Å². The van der Waals surface area contributed by atoms with Crippen molar-refractivity contribution in [3.8, 4) is 11.4 Å². The Kier molecular flexibility index (Phi) is 5.63. The van der Waals surface area contributed by atoms with E-state index in [9.17, 15) is 0 Å². The summed E-state index contributed by atoms with van der Waals surface area (Å²) in [5, 5.41) is 17.6. The van der Waals surface area contributed by atoms with E-state index in [0.717, 1.165) is 38.8 Å². The van der Waals surface area contributed by atoms with Crippen LogP contribution in [0.2, 0.25) is 0 Å². The summed E-state index contributed by atoms with van der Waals surface area (Å²) in [6, 6.07) is 66.5. The molecule has 0 saturated carbocycles. The first-order chi connectivity index (χ1) is 27.3. The van der Waals surface area contributed by atoms with E-state index < -0.39 is 0 Å². The summed E-state index contributed by atoms with van der Waals surface area (Å²) in [7, 11) is 0. The summed E-state index contributed by atoms with van der Waals surface area (Å²) >= 11 is 0. The highest BCUT2D eigenvalue weighted by Crippen LogP contribution is 2.48. The van der Waals surface area contributed by atoms with Crippen LogP contribution in [0.3, 0.4) is 0 Å². The summed E-state index contributed by atoms with van der Waals surface area (Å²) in [6.45, 7) is 0. The molecule has 3 heterocycles. The van der Waals surface area contributed by atoms with Gasteiger partial charge >= 0.3 is 0 Å². The van der Waals surface area contributed by atoms with Gasteiger partial charge in [0.15, 0.2) is 0 Å². The molecule has 0 aliphatic rings. The van der Waals surface area contributed by atoms with Crippen LogP contribution in [0, 0.1) is 0 Å². The van der Waals surface area contributed by atoms with Crippen molar-refractivity contribution in [1.29, 1.82) is 0 Å². The van der Waals surface area contributed by atoms with Gasteiger partial charge in [-0.3, -0.25) is 0 Å². The van der Waals surface area contributed by atoms with E-state index in [1.54, 1.807) is 0 Å². The van der Waals surface area contributed by atoms with Crippen LogP contribution in [0.5, 0.6) is 0 Å². The van der Waals surface area contributed by atoms with Crippen molar-refractivity contribution >= 4 is 109 Å². The molecular weight excluding hydrogens is 669 g/mol. The molecule has 55 heavy (non-hydrogen) atoms. The molecule has 0 atom stereocenters. The molecule has 3 nitrogen and oxygen atoms in total. The van der Waals surface area contributed by atoms with Gasteiger partial charge in [-0.15, -0.1) is 0 Å². The minimum Gasteiger partial charge on any atom is -0.456 e. The largest absolute Gasteiger partial charge is 0.456 e. The smallest absolute Gasteiger partial charge is 0.137 e. The molecule has 3 aromatic heterocycles. The lowest BCUT2D eigenvalue weighted by Gasteiger charge is -2.16. The fourth-order valence-corrected chi connectivity index (χ4v) is 9.82. The molecular formula is C52H30N2O. The van der Waals surface area contributed by atoms with Crippen LogP contribution >= 0.6 is 0 Å². The van der Waals surface area contributed by atoms with Crippen molar-refractivity contribution in [1.82, 2.24) is 9.13 Å². The Bertz CT molecular complexity index is 3760. The number of para-hydroxylation sites is 3. The zero-order valence-electron chi connectivity index (χ0n) is 29.6. The quantitative estimate of drug-likeness (QED) is 0.165. The van der Waals surface area contributed by atoms with E-state index in [4.69, 9.17) is 4.42 Å². The van der Waals surface area contributed by atoms with E-state index in [1.165, 1.54) is 81.2 Å². The maximum atomic E-state index is 6.40. The van der Waals surface area contributed by atoms with Gasteiger partial charge in [0.2, 0.25) is 0 Å². The number of aromatic nitrogens is 2. The summed E-state index contributed by atoms with van der Waals surface area (Å²) < 4.78 is 11.3. The lowest BCUT2D eigenvalue weighted by atomic mass is 9.88. The van der Waals surface area contributed by atoms with Crippen LogP contribution < -0.4 is 0 Å². The molecule has 3 heteroatoms. The molecule has 0 aliphatic heterocycles. The molecule has 13 rings (SSSR count). The monoisotopic (exact) mass is 698 g/mol. The standard InChI is InChI=1S/C52H30N2O/c1-3-17-37-33(13-1)34-14-2-4-18-38(34)50-49(37)39-19-5-6-20-40(39)52-51(50)41-21-8-11-23-45(41)54(52)32-27-25-31(26-28-32)53-44-22-10-7-15-35(44)42-29-43-36-16-9-12-24-47(36)55-48(43)30-46(42)53/h1-30H. The number of fused-ring (bicyclic) bond motifs is 19. The molecule has 0 saturated heterocycles. The average molecular weight is 699 g/mol. The number of furan rings is 1. The maximum absolute atomic E-state index is 6.40. The van der Waals surface area contributed by atoms with E-state index in [2.05, 4.69) is 185 Å². The maximum Gasteiger partial charge on any atom is 0.137 e. The van der Waals surface area contributed by atoms with Crippen LogP contribution in [-0.4, -0.2) is 9.13 Å². The van der Waals surface area contributed by atoms with Crippen LogP contribution in [-0.2, 0) is 0 Å². The highest BCUT2D eigenvalue weighted by atomic mass is 16.3. The first kappa shape index (κ1) is 29.1. The number of benzene rings is 10. The second kappa shape index (κ2) is 10.6. The first-order valence-electron chi connectivity index (χ1n) is 18.9. The molecule has 0 bridgehead atoms. The molecule has 0 amide bonds. The minimum atomic E-state index is 0.902. The van der Waals surface area contributed by atoms with Crippen LogP contribution in [0.25, 0.3) is 120 Å². The molecule has 0 unspecified atom stereocenters. The third-order valence-corrected chi connectivity index (χ3v) is 12.0. The van der Waals surface area contributed by atoms with Gasteiger partial charge in [0, 0.05) is 60.5 Å². The van der Waals surface area contributed by atoms with Crippen LogP contribution in [0.4, 0.5) is 0 Å². The van der Waals surface area contributed by atoms with Gasteiger partial charge in [0.1, 0.15) is 11.2 Å². The van der Waals surface area contributed by atoms with Crippen molar-refractivity contribution in [2.24, 2.45) is 0 Å². The van der Waals surface area contributed by atoms with Gasteiger partial charge in [-0.2, -0.15) is 0 Å². The average Bonchev–Trinajstić information content (AvgIpc) is 3.90. The van der Waals surface area contributed by atoms with E-state index in [-0.39, 0.29) is 0 Å². The molecule has 0 fully saturated rings. The summed E-state index contributed by atoms with van der Waals surface area (Å²) in [5.41, 5.74) is 8.80. The van der Waals surface area contributed by atoms with Gasteiger partial charge in [0.05, 0.1) is 22.1 Å². The molecule has 0 N–H and O–H groups in total. The third kappa shape index (κ3) is 3.79. The fourth-order valence-electron chi connectivity index (χ4n) is 9.82. The van der Waals surface area contributed by atoms with Gasteiger partial charge < -0.3 is 13.6 Å². The predicted molar refractivity (Wildman–Crippen MR) is 232 cm³/mol. The number of hydrogen-bond acceptors (Lipinski definition) is 1. The molecule has 0 spiro atoms. The Balaban J connectivity index is 1.12. The van der Waals surface area contributed by atoms with Crippen molar-refractivity contribution in [3.63, 3.8) is 0 Å². The first-order valence-corrected chi connectivity index (χ1v) is 18.9. The second-order valence-electron chi connectivity index (χ2n) is 14.8. The Hall–Kier alpha value is -7.36. The van der Waals surface area contributed by atoms with Gasteiger partial charge in [-0.05, 0) is 80.8 Å². The Labute approximate surface area is 314 Å². The number of rotatable bonds is 2. The van der Waals surface area contributed by atoms with Gasteiger partial charge in [0.25, 0.3) is 0 Å². The molecule has 13 aromatic rings. The zero-order chi connectivity index (χ0) is 35.8.